The van der Waals surface area contributed by atoms with Gasteiger partial charge in [-0.25, -0.2) is 14.2 Å². The number of fused-ring (bicyclic) bond motifs is 1. The Labute approximate surface area is 180 Å². The van der Waals surface area contributed by atoms with E-state index in [9.17, 15) is 14.3 Å². The molecule has 0 bridgehead atoms. The summed E-state index contributed by atoms with van der Waals surface area (Å²) in [5.74, 6) is -0.0979. The molecule has 0 aliphatic carbocycles. The van der Waals surface area contributed by atoms with Gasteiger partial charge in [-0.3, -0.25) is 14.9 Å². The summed E-state index contributed by atoms with van der Waals surface area (Å²) in [6.45, 7) is 8.80. The Morgan fingerprint density at radius 1 is 1.16 bits per heavy atom. The third-order valence-corrected chi connectivity index (χ3v) is 4.87. The summed E-state index contributed by atoms with van der Waals surface area (Å²) in [6, 6.07) is 3.53. The van der Waals surface area contributed by atoms with Gasteiger partial charge in [0.1, 0.15) is 17.1 Å². The van der Waals surface area contributed by atoms with Crippen molar-refractivity contribution in [1.29, 1.82) is 0 Å². The molecule has 0 saturated heterocycles. The zero-order valence-electron chi connectivity index (χ0n) is 18.6. The number of carbonyl (C=O) groups excluding carboxylic acids is 1. The van der Waals surface area contributed by atoms with Gasteiger partial charge >= 0.3 is 6.09 Å². The van der Waals surface area contributed by atoms with E-state index in [-0.39, 0.29) is 5.69 Å². The molecule has 0 radical (unpaired) electrons. The van der Waals surface area contributed by atoms with Gasteiger partial charge in [-0.1, -0.05) is 6.92 Å². The van der Waals surface area contributed by atoms with Crippen molar-refractivity contribution in [2.45, 2.75) is 52.7 Å². The van der Waals surface area contributed by atoms with Gasteiger partial charge in [0.15, 0.2) is 5.82 Å². The molecule has 0 fully saturated rings. The summed E-state index contributed by atoms with van der Waals surface area (Å²) in [4.78, 5) is 26.5. The standard InChI is InChI=1S/C23H27FN4O3/c1-7-18(29)21-20(24)13(2)16(12-27-21)17-8-14-11-26-19(9-15(14)10-25-17)28(6)22(30)31-23(3,4)5/h8-12,18,29H,7H2,1-6H3. The minimum atomic E-state index is -0.943. The second-order valence-corrected chi connectivity index (χ2v) is 8.42. The Morgan fingerprint density at radius 2 is 1.81 bits per heavy atom. The number of ether oxygens (including phenoxy) is 1. The second kappa shape index (κ2) is 8.55. The van der Waals surface area contributed by atoms with Crippen LogP contribution in [0.3, 0.4) is 0 Å². The van der Waals surface area contributed by atoms with Crippen molar-refractivity contribution in [1.82, 2.24) is 15.0 Å². The summed E-state index contributed by atoms with van der Waals surface area (Å²) in [5.41, 5.74) is 0.896. The molecule has 3 heterocycles. The van der Waals surface area contributed by atoms with Crippen molar-refractivity contribution in [3.05, 3.63) is 47.8 Å². The Kier molecular flexibility index (Phi) is 6.22. The molecule has 164 valence electrons. The number of aromatic nitrogens is 3. The summed E-state index contributed by atoms with van der Waals surface area (Å²) < 4.78 is 20.1. The van der Waals surface area contributed by atoms with Gasteiger partial charge in [-0.05, 0) is 51.8 Å². The summed E-state index contributed by atoms with van der Waals surface area (Å²) >= 11 is 0. The molecule has 0 aliphatic rings. The van der Waals surface area contributed by atoms with Crippen LogP contribution in [0, 0.1) is 12.7 Å². The van der Waals surface area contributed by atoms with E-state index in [2.05, 4.69) is 15.0 Å². The summed E-state index contributed by atoms with van der Waals surface area (Å²) in [7, 11) is 1.59. The van der Waals surface area contributed by atoms with Gasteiger partial charge in [0.2, 0.25) is 0 Å². The molecule has 1 N–H and O–H groups in total. The van der Waals surface area contributed by atoms with Crippen LogP contribution in [-0.4, -0.2) is 38.8 Å². The topological polar surface area (TPSA) is 88.4 Å². The molecule has 3 rings (SSSR count). The Morgan fingerprint density at radius 3 is 2.45 bits per heavy atom. The first kappa shape index (κ1) is 22.6. The average Bonchev–Trinajstić information content (AvgIpc) is 2.72. The molecule has 3 aromatic heterocycles. The molecule has 1 amide bonds. The van der Waals surface area contributed by atoms with Crippen molar-refractivity contribution < 1.29 is 19.0 Å². The van der Waals surface area contributed by atoms with Crippen LogP contribution < -0.4 is 4.90 Å². The first-order valence-corrected chi connectivity index (χ1v) is 10.1. The highest BCUT2D eigenvalue weighted by molar-refractivity contribution is 5.91. The molecule has 7 nitrogen and oxygen atoms in total. The van der Waals surface area contributed by atoms with Crippen molar-refractivity contribution in [3.63, 3.8) is 0 Å². The number of halogens is 1. The molecule has 0 aromatic carbocycles. The molecule has 0 aliphatic heterocycles. The maximum absolute atomic E-state index is 14.7. The van der Waals surface area contributed by atoms with Crippen LogP contribution >= 0.6 is 0 Å². The van der Waals surface area contributed by atoms with Gasteiger partial charge in [0.05, 0.1) is 11.8 Å². The zero-order chi connectivity index (χ0) is 22.9. The first-order valence-electron chi connectivity index (χ1n) is 10.1. The average molecular weight is 426 g/mol. The van der Waals surface area contributed by atoms with Crippen LogP contribution in [0.15, 0.2) is 30.7 Å². The van der Waals surface area contributed by atoms with Crippen LogP contribution in [-0.2, 0) is 4.74 Å². The molecule has 8 heteroatoms. The normalized spacial score (nSPS) is 12.6. The number of nitrogens with zero attached hydrogens (tertiary/aromatic N) is 4. The Balaban J connectivity index is 1.94. The van der Waals surface area contributed by atoms with Crippen molar-refractivity contribution >= 4 is 22.7 Å². The zero-order valence-corrected chi connectivity index (χ0v) is 18.6. The lowest BCUT2D eigenvalue weighted by molar-refractivity contribution is 0.0588. The number of amides is 1. The van der Waals surface area contributed by atoms with E-state index in [0.29, 0.717) is 29.1 Å². The highest BCUT2D eigenvalue weighted by atomic mass is 19.1. The SMILES string of the molecule is CCC(O)c1ncc(-c2cc3cnc(N(C)C(=O)OC(C)(C)C)cc3cn2)c(C)c1F. The third-order valence-electron chi connectivity index (χ3n) is 4.87. The van der Waals surface area contributed by atoms with Crippen molar-refractivity contribution in [2.75, 3.05) is 11.9 Å². The highest BCUT2D eigenvalue weighted by Gasteiger charge is 2.22. The molecule has 3 aromatic rings. The lowest BCUT2D eigenvalue weighted by Gasteiger charge is -2.24. The molecular formula is C23H27FN4O3. The number of hydrogen-bond acceptors (Lipinski definition) is 6. The van der Waals surface area contributed by atoms with E-state index in [1.807, 2.05) is 0 Å². The molecule has 0 saturated carbocycles. The van der Waals surface area contributed by atoms with Gasteiger partial charge in [-0.15, -0.1) is 0 Å². The van der Waals surface area contributed by atoms with Gasteiger partial charge < -0.3 is 9.84 Å². The predicted molar refractivity (Wildman–Crippen MR) is 117 cm³/mol. The highest BCUT2D eigenvalue weighted by Crippen LogP contribution is 2.30. The Hall–Kier alpha value is -3.13. The van der Waals surface area contributed by atoms with Gasteiger partial charge in [-0.2, -0.15) is 0 Å². The van der Waals surface area contributed by atoms with Gasteiger partial charge in [0.25, 0.3) is 0 Å². The molecule has 1 unspecified atom stereocenters. The number of anilines is 1. The second-order valence-electron chi connectivity index (χ2n) is 8.42. The number of hydrogen-bond donors (Lipinski definition) is 1. The maximum Gasteiger partial charge on any atom is 0.415 e. The molecule has 0 spiro atoms. The number of rotatable bonds is 4. The lowest BCUT2D eigenvalue weighted by Crippen LogP contribution is -2.34. The number of aliphatic hydroxyl groups is 1. The number of aliphatic hydroxyl groups excluding tert-OH is 1. The van der Waals surface area contributed by atoms with Crippen LogP contribution in [0.1, 0.15) is 51.5 Å². The third kappa shape index (κ3) is 4.80. The maximum atomic E-state index is 14.7. The predicted octanol–water partition coefficient (Wildman–Crippen LogP) is 4.95. The lowest BCUT2D eigenvalue weighted by atomic mass is 10.0. The number of carbonyl (C=O) groups is 1. The monoisotopic (exact) mass is 426 g/mol. The molecular weight excluding hydrogens is 399 g/mol. The van der Waals surface area contributed by atoms with E-state index < -0.39 is 23.6 Å². The molecule has 1 atom stereocenters. The van der Waals surface area contributed by atoms with Crippen LogP contribution in [0.5, 0.6) is 0 Å². The van der Waals surface area contributed by atoms with E-state index in [1.54, 1.807) is 66.2 Å². The van der Waals surface area contributed by atoms with Crippen LogP contribution in [0.4, 0.5) is 15.0 Å². The summed E-state index contributed by atoms with van der Waals surface area (Å²) in [6.07, 6.45) is 3.73. The first-order chi connectivity index (χ1) is 14.5. The van der Waals surface area contributed by atoms with E-state index in [1.165, 1.54) is 11.1 Å². The minimum absolute atomic E-state index is 0.0426. The fourth-order valence-corrected chi connectivity index (χ4v) is 3.06. The fourth-order valence-electron chi connectivity index (χ4n) is 3.06. The smallest absolute Gasteiger partial charge is 0.415 e. The Bertz CT molecular complexity index is 1130. The molecule has 31 heavy (non-hydrogen) atoms. The van der Waals surface area contributed by atoms with Crippen molar-refractivity contribution in [3.8, 4) is 11.3 Å². The largest absolute Gasteiger partial charge is 0.443 e. The number of pyridine rings is 3. The fraction of sp³-hybridized carbons (Fsp3) is 0.391. The van der Waals surface area contributed by atoms with Gasteiger partial charge in [0, 0.05) is 42.0 Å². The quantitative estimate of drug-likeness (QED) is 0.635. The minimum Gasteiger partial charge on any atom is -0.443 e. The summed E-state index contributed by atoms with van der Waals surface area (Å²) in [5, 5.41) is 11.5. The van der Waals surface area contributed by atoms with Crippen molar-refractivity contribution in [2.24, 2.45) is 0 Å². The van der Waals surface area contributed by atoms with E-state index in [4.69, 9.17) is 4.74 Å². The van der Waals surface area contributed by atoms with E-state index in [0.717, 1.165) is 10.8 Å². The van der Waals surface area contributed by atoms with E-state index >= 15 is 0 Å². The van der Waals surface area contributed by atoms with Crippen LogP contribution in [0.25, 0.3) is 22.0 Å². The van der Waals surface area contributed by atoms with Crippen LogP contribution in [0.2, 0.25) is 0 Å².